The lowest BCUT2D eigenvalue weighted by molar-refractivity contribution is -0.607. The molecule has 0 atom stereocenters. The highest BCUT2D eigenvalue weighted by molar-refractivity contribution is 6.01. The van der Waals surface area contributed by atoms with E-state index in [9.17, 15) is 10.0 Å². The largest absolute Gasteiger partial charge is 0.618 e. The van der Waals surface area contributed by atoms with E-state index >= 15 is 0 Å². The Bertz CT molecular complexity index is 808. The van der Waals surface area contributed by atoms with Crippen LogP contribution in [0.3, 0.4) is 0 Å². The summed E-state index contributed by atoms with van der Waals surface area (Å²) in [6, 6.07) is 13.2. The van der Waals surface area contributed by atoms with E-state index in [1.165, 1.54) is 56.4 Å². The van der Waals surface area contributed by atoms with Gasteiger partial charge in [-0.25, -0.2) is 0 Å². The van der Waals surface area contributed by atoms with Crippen LogP contribution in [0.25, 0.3) is 0 Å². The third kappa shape index (κ3) is 2.59. The van der Waals surface area contributed by atoms with Crippen LogP contribution in [-0.2, 0) is 5.41 Å². The summed E-state index contributed by atoms with van der Waals surface area (Å²) in [6.45, 7) is 0. The van der Waals surface area contributed by atoms with Gasteiger partial charge in [0.1, 0.15) is 0 Å². The first-order chi connectivity index (χ1) is 12.6. The standard InChI is InChI=1S/C22H24N2O2/c25-21(20-3-1-2-8-24(20)26)23-19-6-4-18(5-7-19)22-12-15-9-16(13-22)11-17(10-15)14-22/h1-8,15-17H,9-14H2,(H,23,25). The summed E-state index contributed by atoms with van der Waals surface area (Å²) in [5.41, 5.74) is 2.66. The molecule has 6 rings (SSSR count). The molecule has 0 saturated heterocycles. The molecule has 134 valence electrons. The predicted molar refractivity (Wildman–Crippen MR) is 99.6 cm³/mol. The predicted octanol–water partition coefficient (Wildman–Crippen LogP) is 4.04. The number of amides is 1. The van der Waals surface area contributed by atoms with Crippen LogP contribution in [0.4, 0.5) is 5.69 Å². The molecule has 1 aromatic carbocycles. The topological polar surface area (TPSA) is 56.0 Å². The highest BCUT2D eigenvalue weighted by Crippen LogP contribution is 2.60. The molecule has 4 saturated carbocycles. The second-order valence-electron chi connectivity index (χ2n) is 8.64. The zero-order valence-electron chi connectivity index (χ0n) is 14.9. The van der Waals surface area contributed by atoms with Crippen molar-refractivity contribution in [3.8, 4) is 0 Å². The maximum atomic E-state index is 12.3. The molecule has 4 bridgehead atoms. The molecular formula is C22H24N2O2. The molecule has 0 spiro atoms. The van der Waals surface area contributed by atoms with Crippen LogP contribution in [0, 0.1) is 23.0 Å². The Morgan fingerprint density at radius 3 is 2.15 bits per heavy atom. The number of nitrogens with one attached hydrogen (secondary N) is 1. The minimum Gasteiger partial charge on any atom is -0.618 e. The Morgan fingerprint density at radius 2 is 1.58 bits per heavy atom. The van der Waals surface area contributed by atoms with Gasteiger partial charge < -0.3 is 10.5 Å². The first-order valence-corrected chi connectivity index (χ1v) is 9.71. The smallest absolute Gasteiger partial charge is 0.321 e. The maximum Gasteiger partial charge on any atom is 0.321 e. The molecule has 4 aliphatic rings. The van der Waals surface area contributed by atoms with Crippen LogP contribution in [0.2, 0.25) is 0 Å². The van der Waals surface area contributed by atoms with Crippen molar-refractivity contribution >= 4 is 11.6 Å². The zero-order chi connectivity index (χ0) is 17.7. The highest BCUT2D eigenvalue weighted by Gasteiger charge is 2.51. The summed E-state index contributed by atoms with van der Waals surface area (Å²) < 4.78 is 0.596. The van der Waals surface area contributed by atoms with Gasteiger partial charge in [0.2, 0.25) is 0 Å². The molecule has 4 heteroatoms. The summed E-state index contributed by atoms with van der Waals surface area (Å²) in [6.07, 6.45) is 9.69. The molecule has 4 aliphatic carbocycles. The summed E-state index contributed by atoms with van der Waals surface area (Å²) in [4.78, 5) is 12.3. The van der Waals surface area contributed by atoms with Gasteiger partial charge in [0, 0.05) is 17.8 Å². The van der Waals surface area contributed by atoms with Crippen LogP contribution in [0.1, 0.15) is 54.6 Å². The van der Waals surface area contributed by atoms with Crippen molar-refractivity contribution in [2.45, 2.75) is 43.9 Å². The Morgan fingerprint density at radius 1 is 0.962 bits per heavy atom. The van der Waals surface area contributed by atoms with Gasteiger partial charge in [0.25, 0.3) is 5.69 Å². The second kappa shape index (κ2) is 5.83. The number of pyridine rings is 1. The van der Waals surface area contributed by atoms with E-state index in [-0.39, 0.29) is 11.6 Å². The fourth-order valence-electron chi connectivity index (χ4n) is 6.17. The number of carbonyl (C=O) groups is 1. The lowest BCUT2D eigenvalue weighted by Gasteiger charge is -2.57. The minimum absolute atomic E-state index is 0.109. The van der Waals surface area contributed by atoms with Crippen molar-refractivity contribution in [3.05, 3.63) is 65.1 Å². The lowest BCUT2D eigenvalue weighted by Crippen LogP contribution is -2.48. The third-order valence-corrected chi connectivity index (χ3v) is 6.85. The van der Waals surface area contributed by atoms with Gasteiger partial charge in [-0.3, -0.25) is 4.79 Å². The van der Waals surface area contributed by atoms with Crippen LogP contribution in [0.15, 0.2) is 48.7 Å². The normalized spacial score (nSPS) is 31.8. The molecule has 4 nitrogen and oxygen atoms in total. The maximum absolute atomic E-state index is 12.3. The number of aromatic nitrogens is 1. The van der Waals surface area contributed by atoms with E-state index in [2.05, 4.69) is 17.4 Å². The molecule has 1 heterocycles. The number of anilines is 1. The van der Waals surface area contributed by atoms with Crippen LogP contribution >= 0.6 is 0 Å². The molecule has 26 heavy (non-hydrogen) atoms. The first kappa shape index (κ1) is 15.9. The van der Waals surface area contributed by atoms with E-state index < -0.39 is 0 Å². The van der Waals surface area contributed by atoms with Crippen molar-refractivity contribution < 1.29 is 9.52 Å². The Labute approximate surface area is 153 Å². The average molecular weight is 348 g/mol. The van der Waals surface area contributed by atoms with Gasteiger partial charge in [0.15, 0.2) is 6.20 Å². The van der Waals surface area contributed by atoms with Gasteiger partial charge in [-0.15, -0.1) is 0 Å². The molecule has 2 aromatic rings. The van der Waals surface area contributed by atoms with Crippen molar-refractivity contribution in [1.82, 2.24) is 0 Å². The molecule has 0 radical (unpaired) electrons. The summed E-state index contributed by atoms with van der Waals surface area (Å²) >= 11 is 0. The summed E-state index contributed by atoms with van der Waals surface area (Å²) in [5.74, 6) is 2.40. The van der Waals surface area contributed by atoms with E-state index in [1.807, 2.05) is 12.1 Å². The van der Waals surface area contributed by atoms with Crippen molar-refractivity contribution in [2.75, 3.05) is 5.32 Å². The minimum atomic E-state index is -0.372. The van der Waals surface area contributed by atoms with E-state index in [1.54, 1.807) is 12.1 Å². The SMILES string of the molecule is O=C(Nc1ccc(C23CC4CC(CC(C4)C2)C3)cc1)c1cccc[n+]1[O-]. The van der Waals surface area contributed by atoms with Gasteiger partial charge >= 0.3 is 5.91 Å². The van der Waals surface area contributed by atoms with Crippen LogP contribution in [-0.4, -0.2) is 5.91 Å². The number of benzene rings is 1. The molecule has 1 amide bonds. The molecule has 0 aliphatic heterocycles. The Balaban J connectivity index is 1.35. The average Bonchev–Trinajstić information content (AvgIpc) is 2.61. The molecule has 4 fully saturated rings. The van der Waals surface area contributed by atoms with Crippen LogP contribution in [0.5, 0.6) is 0 Å². The quantitative estimate of drug-likeness (QED) is 0.672. The summed E-state index contributed by atoms with van der Waals surface area (Å²) in [5, 5.41) is 14.6. The zero-order valence-corrected chi connectivity index (χ0v) is 14.9. The summed E-state index contributed by atoms with van der Waals surface area (Å²) in [7, 11) is 0. The number of rotatable bonds is 3. The van der Waals surface area contributed by atoms with Crippen molar-refractivity contribution in [1.29, 1.82) is 0 Å². The van der Waals surface area contributed by atoms with Crippen molar-refractivity contribution in [2.24, 2.45) is 17.8 Å². The first-order valence-electron chi connectivity index (χ1n) is 9.71. The number of hydrogen-bond acceptors (Lipinski definition) is 2. The number of carbonyl (C=O) groups excluding carboxylic acids is 1. The van der Waals surface area contributed by atoms with Gasteiger partial charge in [-0.05, 0) is 85.5 Å². The number of hydrogen-bond donors (Lipinski definition) is 1. The van der Waals surface area contributed by atoms with Gasteiger partial charge in [-0.1, -0.05) is 12.1 Å². The lowest BCUT2D eigenvalue weighted by atomic mass is 9.48. The molecular weight excluding hydrogens is 324 g/mol. The van der Waals surface area contributed by atoms with Gasteiger partial charge in [0.05, 0.1) is 0 Å². The second-order valence-corrected chi connectivity index (χ2v) is 8.64. The monoisotopic (exact) mass is 348 g/mol. The van der Waals surface area contributed by atoms with E-state index in [0.717, 1.165) is 23.4 Å². The Kier molecular flexibility index (Phi) is 3.56. The molecule has 1 N–H and O–H groups in total. The van der Waals surface area contributed by atoms with Crippen molar-refractivity contribution in [3.63, 3.8) is 0 Å². The van der Waals surface area contributed by atoms with E-state index in [0.29, 0.717) is 10.1 Å². The van der Waals surface area contributed by atoms with Gasteiger partial charge in [-0.2, -0.15) is 4.73 Å². The molecule has 1 aromatic heterocycles. The highest BCUT2D eigenvalue weighted by atomic mass is 16.5. The fraction of sp³-hybridized carbons (Fsp3) is 0.455. The molecule has 0 unspecified atom stereocenters. The Hall–Kier alpha value is -2.36. The van der Waals surface area contributed by atoms with Crippen LogP contribution < -0.4 is 10.0 Å². The fourth-order valence-corrected chi connectivity index (χ4v) is 6.17. The van der Waals surface area contributed by atoms with E-state index in [4.69, 9.17) is 0 Å². The number of nitrogens with zero attached hydrogens (tertiary/aromatic N) is 1. The third-order valence-electron chi connectivity index (χ3n) is 6.85.